The molecule has 0 unspecified atom stereocenters. The van der Waals surface area contributed by atoms with Crippen LogP contribution in [0, 0.1) is 0 Å². The van der Waals surface area contributed by atoms with Crippen molar-refractivity contribution in [2.45, 2.75) is 79.1 Å². The van der Waals surface area contributed by atoms with Gasteiger partial charge in [0.1, 0.15) is 0 Å². The minimum absolute atomic E-state index is 0.631. The minimum Gasteiger partial charge on any atom is -0.415 e. The van der Waals surface area contributed by atoms with Crippen LogP contribution < -0.4 is 0 Å². The molecule has 0 saturated carbocycles. The molecule has 0 heterocycles. The van der Waals surface area contributed by atoms with Gasteiger partial charge in [0.2, 0.25) is 0 Å². The summed E-state index contributed by atoms with van der Waals surface area (Å²) in [6.07, 6.45) is -10.5. The van der Waals surface area contributed by atoms with Crippen molar-refractivity contribution < 1.29 is 93.0 Å². The Morgan fingerprint density at radius 2 is 0.811 bits per heavy atom. The highest BCUT2D eigenvalue weighted by Gasteiger charge is 2.96. The molecule has 224 valence electrons. The number of hydrogen-bond acceptors (Lipinski definition) is 2. The van der Waals surface area contributed by atoms with Gasteiger partial charge < -0.3 is 9.53 Å². The van der Waals surface area contributed by atoms with Gasteiger partial charge in [0.05, 0.1) is 13.2 Å². The summed E-state index contributed by atoms with van der Waals surface area (Å²) in [5.41, 5.74) is 0. The highest BCUT2D eigenvalue weighted by Crippen LogP contribution is 2.65. The van der Waals surface area contributed by atoms with Gasteiger partial charge in [-0.2, -0.15) is 83.4 Å². The largest absolute Gasteiger partial charge is 0.460 e. The van der Waals surface area contributed by atoms with Gasteiger partial charge in [-0.3, -0.25) is 0 Å². The normalized spacial score (nSPS) is 16.4. The number of hydrogen-bond donors (Lipinski definition) is 1. The average molecular weight is 616 g/mol. The van der Waals surface area contributed by atoms with E-state index in [-0.39, 0.29) is 0 Å². The van der Waals surface area contributed by atoms with Gasteiger partial charge in [0.25, 0.3) is 0 Å². The van der Waals surface area contributed by atoms with Crippen LogP contribution in [0.25, 0.3) is 0 Å². The van der Waals surface area contributed by atoms with Crippen LogP contribution in [0.15, 0.2) is 0 Å². The highest BCUT2D eigenvalue weighted by atomic mass is 28.4. The van der Waals surface area contributed by atoms with E-state index >= 15 is 0 Å². The van der Waals surface area contributed by atoms with Crippen LogP contribution >= 0.6 is 0 Å². The lowest BCUT2D eigenvalue weighted by Crippen LogP contribution is -2.75. The van der Waals surface area contributed by atoms with Gasteiger partial charge >= 0.3 is 53.6 Å². The molecule has 0 aliphatic rings. The van der Waals surface area contributed by atoms with Crippen LogP contribution in [0.1, 0.15) is 6.42 Å². The van der Waals surface area contributed by atoms with E-state index in [1.165, 1.54) is 0 Å². The van der Waals surface area contributed by atoms with Crippen molar-refractivity contribution in [1.82, 2.24) is 0 Å². The number of aliphatic hydroxyl groups excluding tert-OH is 1. The molecule has 0 saturated heterocycles. The summed E-state index contributed by atoms with van der Waals surface area (Å²) < 4.78 is 256. The molecule has 0 aromatic heterocycles. The Kier molecular flexibility index (Phi) is 9.46. The first-order valence-electron chi connectivity index (χ1n) is 9.11. The second-order valence-electron chi connectivity index (χ2n) is 8.05. The fourth-order valence-corrected chi connectivity index (χ4v) is 4.11. The maximum atomic E-state index is 13.8. The van der Waals surface area contributed by atoms with Crippen LogP contribution in [0.3, 0.4) is 0 Å². The zero-order valence-electron chi connectivity index (χ0n) is 17.9. The Balaban J connectivity index is 6.62. The van der Waals surface area contributed by atoms with E-state index in [9.17, 15) is 83.4 Å². The Hall–Kier alpha value is -1.19. The molecule has 2 nitrogen and oxygen atoms in total. The average Bonchev–Trinajstić information content (AvgIpc) is 2.69. The van der Waals surface area contributed by atoms with Crippen LogP contribution in [-0.2, 0) is 4.43 Å². The van der Waals surface area contributed by atoms with Crippen LogP contribution in [0.4, 0.5) is 83.4 Å². The number of rotatable bonds is 13. The lowest BCUT2D eigenvalue weighted by atomic mass is 9.87. The van der Waals surface area contributed by atoms with Crippen molar-refractivity contribution in [2.24, 2.45) is 0 Å². The van der Waals surface area contributed by atoms with Crippen molar-refractivity contribution in [1.29, 1.82) is 0 Å². The Morgan fingerprint density at radius 1 is 0.514 bits per heavy atom. The van der Waals surface area contributed by atoms with Crippen molar-refractivity contribution in [3.63, 3.8) is 0 Å². The molecule has 1 N–H and O–H groups in total. The van der Waals surface area contributed by atoms with Gasteiger partial charge in [-0.15, -0.1) is 0 Å². The summed E-state index contributed by atoms with van der Waals surface area (Å²) in [5, 5.41) is 8.53. The van der Waals surface area contributed by atoms with Gasteiger partial charge in [0.15, 0.2) is 8.32 Å². The zero-order chi connectivity index (χ0) is 30.5. The van der Waals surface area contributed by atoms with Gasteiger partial charge in [-0.25, -0.2) is 0 Å². The van der Waals surface area contributed by atoms with Gasteiger partial charge in [-0.1, -0.05) is 0 Å². The summed E-state index contributed by atoms with van der Waals surface area (Å²) >= 11 is 0. The van der Waals surface area contributed by atoms with Crippen molar-refractivity contribution in [2.75, 3.05) is 13.2 Å². The lowest BCUT2D eigenvalue weighted by Gasteiger charge is -2.44. The molecule has 0 spiro atoms. The van der Waals surface area contributed by atoms with Crippen molar-refractivity contribution >= 4 is 8.32 Å². The number of halogens is 19. The molecular formula is C15H15F19O2Si. The van der Waals surface area contributed by atoms with E-state index in [0.29, 0.717) is 0 Å². The first-order chi connectivity index (χ1) is 15.8. The maximum Gasteiger partial charge on any atom is 0.460 e. The molecule has 0 aromatic rings. The third-order valence-electron chi connectivity index (χ3n) is 4.81. The smallest absolute Gasteiger partial charge is 0.415 e. The predicted octanol–water partition coefficient (Wildman–Crippen LogP) is 7.24. The fraction of sp³-hybridized carbons (Fsp3) is 1.00. The van der Waals surface area contributed by atoms with Crippen LogP contribution in [0.2, 0.25) is 19.1 Å². The second kappa shape index (κ2) is 9.77. The van der Waals surface area contributed by atoms with Crippen LogP contribution in [0.5, 0.6) is 0 Å². The van der Waals surface area contributed by atoms with E-state index < -0.39 is 87.6 Å². The van der Waals surface area contributed by atoms with Gasteiger partial charge in [-0.05, 0) is 19.1 Å². The molecule has 0 aliphatic carbocycles. The molecule has 22 heteroatoms. The molecule has 0 radical (unpaired) electrons. The Morgan fingerprint density at radius 3 is 1.11 bits per heavy atom. The highest BCUT2D eigenvalue weighted by molar-refractivity contribution is 6.71. The number of alkyl halides is 19. The van der Waals surface area contributed by atoms with Crippen molar-refractivity contribution in [3.05, 3.63) is 0 Å². The Labute approximate surface area is 194 Å². The third kappa shape index (κ3) is 5.46. The molecule has 0 aliphatic heterocycles. The van der Waals surface area contributed by atoms with E-state index in [4.69, 9.17) is 9.53 Å². The van der Waals surface area contributed by atoms with E-state index in [1.54, 1.807) is 0 Å². The fourth-order valence-electron chi connectivity index (χ4n) is 2.40. The zero-order valence-corrected chi connectivity index (χ0v) is 18.9. The maximum absolute atomic E-state index is 13.8. The molecule has 0 atom stereocenters. The molecule has 0 amide bonds. The predicted molar refractivity (Wildman–Crippen MR) is 85.6 cm³/mol. The van der Waals surface area contributed by atoms with E-state index in [1.807, 2.05) is 0 Å². The first kappa shape index (κ1) is 35.8. The standard InChI is InChI=1S/C15H15F19O2Si/c1-37(2,36-5-4-35)6-3-7(16,17)8(18,19)9(20,21)10(22,23)11(24,25)12(26,27)13(28,29)14(30,31)15(32,33)34/h35H,3-6H2,1-2H3. The van der Waals surface area contributed by atoms with E-state index in [0.717, 1.165) is 13.1 Å². The molecule has 0 rings (SSSR count). The lowest BCUT2D eigenvalue weighted by molar-refractivity contribution is -0.468. The minimum atomic E-state index is -8.92. The molecule has 0 aromatic carbocycles. The molecule has 0 fully saturated rings. The summed E-state index contributed by atoms with van der Waals surface area (Å²) in [4.78, 5) is 0. The van der Waals surface area contributed by atoms with Gasteiger partial charge in [0, 0.05) is 6.42 Å². The quantitative estimate of drug-likeness (QED) is 0.175. The summed E-state index contributed by atoms with van der Waals surface area (Å²) in [5.74, 6) is -66.4. The van der Waals surface area contributed by atoms with E-state index in [2.05, 4.69) is 0 Å². The third-order valence-corrected chi connectivity index (χ3v) is 7.25. The molecular weight excluding hydrogens is 601 g/mol. The second-order valence-corrected chi connectivity index (χ2v) is 12.4. The SMILES string of the molecule is C[Si](C)(CCC(F)(F)C(F)(F)C(F)(F)C(F)(F)C(F)(F)C(F)(F)C(F)(F)C(F)(F)C(F)(F)F)OCCO. The monoisotopic (exact) mass is 616 g/mol. The first-order valence-corrected chi connectivity index (χ1v) is 12.2. The number of aliphatic hydroxyl groups is 1. The molecule has 37 heavy (non-hydrogen) atoms. The Bertz CT molecular complexity index is 789. The molecule has 0 bridgehead atoms. The summed E-state index contributed by atoms with van der Waals surface area (Å²) in [6.45, 7) is 0.421. The van der Waals surface area contributed by atoms with Crippen LogP contribution in [-0.4, -0.2) is 80.2 Å². The summed E-state index contributed by atoms with van der Waals surface area (Å²) in [7, 11) is -3.61. The summed E-state index contributed by atoms with van der Waals surface area (Å²) in [6, 6.07) is -1.38. The topological polar surface area (TPSA) is 29.5 Å². The van der Waals surface area contributed by atoms with Crippen molar-refractivity contribution in [3.8, 4) is 0 Å².